The lowest BCUT2D eigenvalue weighted by atomic mass is 10.2. The van der Waals surface area contributed by atoms with Gasteiger partial charge < -0.3 is 20.9 Å². The van der Waals surface area contributed by atoms with Gasteiger partial charge in [0.15, 0.2) is 5.82 Å². The maximum atomic E-state index is 11.5. The third-order valence-corrected chi connectivity index (χ3v) is 3.28. The minimum atomic E-state index is -0.262. The van der Waals surface area contributed by atoms with E-state index < -0.39 is 0 Å². The highest BCUT2D eigenvalue weighted by molar-refractivity contribution is 5.61. The van der Waals surface area contributed by atoms with Crippen LogP contribution in [0, 0.1) is 0 Å². The lowest BCUT2D eigenvalue weighted by molar-refractivity contribution is 0.522. The predicted molar refractivity (Wildman–Crippen MR) is 72.8 cm³/mol. The summed E-state index contributed by atoms with van der Waals surface area (Å²) in [6.45, 7) is 6.05. The van der Waals surface area contributed by atoms with Crippen molar-refractivity contribution in [1.29, 1.82) is 0 Å². The van der Waals surface area contributed by atoms with Crippen LogP contribution in [0.1, 0.15) is 26.7 Å². The summed E-state index contributed by atoms with van der Waals surface area (Å²) in [4.78, 5) is 20.4. The van der Waals surface area contributed by atoms with Crippen molar-refractivity contribution in [3.63, 3.8) is 0 Å². The van der Waals surface area contributed by atoms with Crippen molar-refractivity contribution in [2.45, 2.75) is 38.8 Å². The Bertz CT molecular complexity index is 456. The molecular weight excluding hydrogens is 230 g/mol. The summed E-state index contributed by atoms with van der Waals surface area (Å²) in [5.41, 5.74) is 5.77. The smallest absolute Gasteiger partial charge is 0.276 e. The molecule has 1 atom stereocenters. The Kier molecular flexibility index (Phi) is 3.86. The Balaban J connectivity index is 2.16. The Morgan fingerprint density at radius 3 is 3.17 bits per heavy atom. The van der Waals surface area contributed by atoms with Crippen LogP contribution < -0.4 is 21.5 Å². The van der Waals surface area contributed by atoms with Crippen molar-refractivity contribution >= 4 is 11.5 Å². The summed E-state index contributed by atoms with van der Waals surface area (Å²) in [6.07, 6.45) is 3.63. The molecule has 0 aromatic carbocycles. The first-order valence-corrected chi connectivity index (χ1v) is 6.42. The van der Waals surface area contributed by atoms with Crippen LogP contribution in [0.3, 0.4) is 0 Å². The number of nitrogens with one attached hydrogen (secondary N) is 2. The number of nitrogens with two attached hydrogens (primary N) is 1. The Morgan fingerprint density at radius 2 is 2.44 bits per heavy atom. The summed E-state index contributed by atoms with van der Waals surface area (Å²) >= 11 is 0. The zero-order chi connectivity index (χ0) is 13.1. The Morgan fingerprint density at radius 1 is 1.67 bits per heavy atom. The SMILES string of the molecule is CC(C)NCC1CCCN1c1nc[nH]c(=O)c1N. The lowest BCUT2D eigenvalue weighted by Gasteiger charge is -2.27. The Hall–Kier alpha value is -1.56. The molecule has 4 N–H and O–H groups in total. The number of rotatable bonds is 4. The third-order valence-electron chi connectivity index (χ3n) is 3.28. The van der Waals surface area contributed by atoms with E-state index in [9.17, 15) is 4.79 Å². The highest BCUT2D eigenvalue weighted by atomic mass is 16.1. The monoisotopic (exact) mass is 251 g/mol. The van der Waals surface area contributed by atoms with Gasteiger partial charge in [-0.3, -0.25) is 4.79 Å². The topological polar surface area (TPSA) is 87.0 Å². The highest BCUT2D eigenvalue weighted by Crippen LogP contribution is 2.25. The molecule has 0 bridgehead atoms. The summed E-state index contributed by atoms with van der Waals surface area (Å²) in [5.74, 6) is 0.617. The molecular formula is C12H21N5O. The van der Waals surface area contributed by atoms with Crippen LogP contribution in [0.2, 0.25) is 0 Å². The number of hydrogen-bond donors (Lipinski definition) is 3. The zero-order valence-electron chi connectivity index (χ0n) is 10.9. The first-order valence-electron chi connectivity index (χ1n) is 6.42. The summed E-state index contributed by atoms with van der Waals surface area (Å²) in [5, 5.41) is 3.43. The van der Waals surface area contributed by atoms with Gasteiger partial charge in [-0.1, -0.05) is 13.8 Å². The lowest BCUT2D eigenvalue weighted by Crippen LogP contribution is -2.41. The Labute approximate surface area is 107 Å². The molecule has 1 aromatic rings. The molecule has 6 nitrogen and oxygen atoms in total. The zero-order valence-corrected chi connectivity index (χ0v) is 10.9. The van der Waals surface area contributed by atoms with Crippen LogP contribution in [0.15, 0.2) is 11.1 Å². The molecule has 0 radical (unpaired) electrons. The molecule has 6 heteroatoms. The number of nitrogens with zero attached hydrogens (tertiary/aromatic N) is 2. The minimum absolute atomic E-state index is 0.217. The molecule has 0 spiro atoms. The first kappa shape index (κ1) is 12.9. The van der Waals surface area contributed by atoms with E-state index in [1.165, 1.54) is 6.33 Å². The second-order valence-corrected chi connectivity index (χ2v) is 5.02. The van der Waals surface area contributed by atoms with E-state index in [2.05, 4.69) is 34.0 Å². The van der Waals surface area contributed by atoms with Gasteiger partial charge in [-0.05, 0) is 12.8 Å². The van der Waals surface area contributed by atoms with Gasteiger partial charge in [0, 0.05) is 25.2 Å². The van der Waals surface area contributed by atoms with E-state index in [1.807, 2.05) is 0 Å². The number of hydrogen-bond acceptors (Lipinski definition) is 5. The van der Waals surface area contributed by atoms with Gasteiger partial charge in [0.1, 0.15) is 5.69 Å². The summed E-state index contributed by atoms with van der Waals surface area (Å²) in [6, 6.07) is 0.820. The van der Waals surface area contributed by atoms with Crippen molar-refractivity contribution < 1.29 is 0 Å². The normalized spacial score (nSPS) is 19.7. The van der Waals surface area contributed by atoms with Crippen LogP contribution >= 0.6 is 0 Å². The molecule has 1 unspecified atom stereocenters. The van der Waals surface area contributed by atoms with Gasteiger partial charge in [-0.15, -0.1) is 0 Å². The van der Waals surface area contributed by atoms with Crippen molar-refractivity contribution in [2.75, 3.05) is 23.7 Å². The van der Waals surface area contributed by atoms with Crippen LogP contribution in [0.5, 0.6) is 0 Å². The average molecular weight is 251 g/mol. The predicted octanol–water partition coefficient (Wildman–Crippen LogP) is 0.319. The minimum Gasteiger partial charge on any atom is -0.391 e. The van der Waals surface area contributed by atoms with Crippen molar-refractivity contribution in [3.05, 3.63) is 16.7 Å². The maximum absolute atomic E-state index is 11.5. The molecule has 1 fully saturated rings. The summed E-state index contributed by atoms with van der Waals surface area (Å²) in [7, 11) is 0. The second kappa shape index (κ2) is 5.39. The van der Waals surface area contributed by atoms with Gasteiger partial charge >= 0.3 is 0 Å². The van der Waals surface area contributed by atoms with Gasteiger partial charge in [0.25, 0.3) is 5.56 Å². The number of H-pyrrole nitrogens is 1. The molecule has 1 saturated heterocycles. The second-order valence-electron chi connectivity index (χ2n) is 5.02. The van der Waals surface area contributed by atoms with Crippen LogP contribution in [-0.2, 0) is 0 Å². The first-order chi connectivity index (χ1) is 8.59. The van der Waals surface area contributed by atoms with E-state index in [-0.39, 0.29) is 11.2 Å². The molecule has 0 saturated carbocycles. The molecule has 1 aliphatic heterocycles. The molecule has 1 aliphatic rings. The molecule has 0 aliphatic carbocycles. The van der Waals surface area contributed by atoms with E-state index in [4.69, 9.17) is 5.73 Å². The van der Waals surface area contributed by atoms with E-state index in [0.29, 0.717) is 17.9 Å². The molecule has 2 heterocycles. The fraction of sp³-hybridized carbons (Fsp3) is 0.667. The van der Waals surface area contributed by atoms with Gasteiger partial charge in [-0.25, -0.2) is 4.98 Å². The van der Waals surface area contributed by atoms with E-state index >= 15 is 0 Å². The average Bonchev–Trinajstić information content (AvgIpc) is 2.78. The largest absolute Gasteiger partial charge is 0.391 e. The van der Waals surface area contributed by atoms with Gasteiger partial charge in [0.2, 0.25) is 0 Å². The number of aromatic nitrogens is 2. The van der Waals surface area contributed by atoms with E-state index in [1.54, 1.807) is 0 Å². The summed E-state index contributed by atoms with van der Waals surface area (Å²) < 4.78 is 0. The van der Waals surface area contributed by atoms with Crippen LogP contribution in [0.25, 0.3) is 0 Å². The van der Waals surface area contributed by atoms with Gasteiger partial charge in [0.05, 0.1) is 6.33 Å². The number of aromatic amines is 1. The van der Waals surface area contributed by atoms with E-state index in [0.717, 1.165) is 25.9 Å². The molecule has 0 amide bonds. The highest BCUT2D eigenvalue weighted by Gasteiger charge is 2.27. The third kappa shape index (κ3) is 2.64. The molecule has 2 rings (SSSR count). The van der Waals surface area contributed by atoms with Gasteiger partial charge in [-0.2, -0.15) is 0 Å². The van der Waals surface area contributed by atoms with Crippen molar-refractivity contribution in [1.82, 2.24) is 15.3 Å². The standard InChI is InChI=1S/C12H21N5O/c1-8(2)14-6-9-4-3-5-17(9)11-10(13)12(18)16-7-15-11/h7-9,14H,3-6,13H2,1-2H3,(H,15,16,18). The molecule has 18 heavy (non-hydrogen) atoms. The van der Waals surface area contributed by atoms with Crippen LogP contribution in [-0.4, -0.2) is 35.1 Å². The van der Waals surface area contributed by atoms with Crippen molar-refractivity contribution in [3.8, 4) is 0 Å². The number of nitrogen functional groups attached to an aromatic ring is 1. The fourth-order valence-corrected chi connectivity index (χ4v) is 2.33. The molecule has 100 valence electrons. The maximum Gasteiger partial charge on any atom is 0.276 e. The van der Waals surface area contributed by atoms with Crippen molar-refractivity contribution in [2.24, 2.45) is 0 Å². The number of anilines is 2. The molecule has 1 aromatic heterocycles. The fourth-order valence-electron chi connectivity index (χ4n) is 2.33. The quantitative estimate of drug-likeness (QED) is 0.717. The van der Waals surface area contributed by atoms with Crippen LogP contribution in [0.4, 0.5) is 11.5 Å².